The Kier molecular flexibility index (Phi) is 4.18. The van der Waals surface area contributed by atoms with Gasteiger partial charge in [0, 0.05) is 27.8 Å². The van der Waals surface area contributed by atoms with Gasteiger partial charge in [0.25, 0.3) is 0 Å². The Bertz CT molecular complexity index is 1530. The van der Waals surface area contributed by atoms with Crippen molar-refractivity contribution in [2.24, 2.45) is 0 Å². The third-order valence-corrected chi connectivity index (χ3v) is 6.70. The molecule has 0 amide bonds. The lowest BCUT2D eigenvalue weighted by atomic mass is 10.1. The molecule has 5 aromatic rings. The van der Waals surface area contributed by atoms with E-state index in [2.05, 4.69) is 4.98 Å². The fraction of sp³-hybridized carbons (Fsp3) is 0.0833. The summed E-state index contributed by atoms with van der Waals surface area (Å²) in [5.41, 5.74) is 2.48. The third-order valence-electron chi connectivity index (χ3n) is 5.41. The van der Waals surface area contributed by atoms with Crippen LogP contribution in [0, 0.1) is 6.92 Å². The van der Waals surface area contributed by atoms with Gasteiger partial charge in [0.05, 0.1) is 18.1 Å². The SMILES string of the molecule is COc1ccc2c(c1)[nH]c1c(C)c(OS(=O)(=O)c3cccc4ccccc34)ccc12. The molecule has 1 N–H and O–H groups in total. The van der Waals surface area contributed by atoms with E-state index < -0.39 is 10.1 Å². The molecule has 5 rings (SSSR count). The van der Waals surface area contributed by atoms with E-state index >= 15 is 0 Å². The van der Waals surface area contributed by atoms with Crippen LogP contribution in [0.3, 0.4) is 0 Å². The van der Waals surface area contributed by atoms with Gasteiger partial charge in [0.2, 0.25) is 0 Å². The fourth-order valence-corrected chi connectivity index (χ4v) is 5.08. The highest BCUT2D eigenvalue weighted by atomic mass is 32.2. The first kappa shape index (κ1) is 18.5. The standard InChI is InChI=1S/C24H19NO4S/c1-15-22(13-12-20-19-11-10-17(28-2)14-21(19)25-24(15)20)29-30(26,27)23-9-5-7-16-6-3-4-8-18(16)23/h3-14,25H,1-2H3. The third kappa shape index (κ3) is 2.88. The summed E-state index contributed by atoms with van der Waals surface area (Å²) in [7, 11) is -2.38. The van der Waals surface area contributed by atoms with E-state index in [9.17, 15) is 8.42 Å². The fourth-order valence-electron chi connectivity index (χ4n) is 3.87. The molecular weight excluding hydrogens is 398 g/mol. The Morgan fingerprint density at radius 2 is 1.60 bits per heavy atom. The van der Waals surface area contributed by atoms with Crippen molar-refractivity contribution in [2.75, 3.05) is 7.11 Å². The van der Waals surface area contributed by atoms with E-state index in [4.69, 9.17) is 8.92 Å². The van der Waals surface area contributed by atoms with Gasteiger partial charge in [-0.2, -0.15) is 8.42 Å². The average molecular weight is 417 g/mol. The number of ether oxygens (including phenoxy) is 1. The number of H-pyrrole nitrogens is 1. The number of nitrogens with one attached hydrogen (secondary N) is 1. The molecule has 0 aliphatic rings. The summed E-state index contributed by atoms with van der Waals surface area (Å²) in [6.45, 7) is 1.85. The van der Waals surface area contributed by atoms with Gasteiger partial charge in [-0.25, -0.2) is 0 Å². The number of benzene rings is 4. The first-order chi connectivity index (χ1) is 14.5. The summed E-state index contributed by atoms with van der Waals surface area (Å²) in [6, 6.07) is 21.9. The first-order valence-electron chi connectivity index (χ1n) is 9.49. The lowest BCUT2D eigenvalue weighted by Crippen LogP contribution is -2.11. The van der Waals surface area contributed by atoms with Gasteiger partial charge >= 0.3 is 10.1 Å². The van der Waals surface area contributed by atoms with E-state index in [1.165, 1.54) is 0 Å². The molecule has 0 radical (unpaired) electrons. The number of aromatic amines is 1. The summed E-state index contributed by atoms with van der Waals surface area (Å²) in [6.07, 6.45) is 0. The number of aryl methyl sites for hydroxylation is 1. The van der Waals surface area contributed by atoms with Crippen molar-refractivity contribution in [1.29, 1.82) is 0 Å². The molecular formula is C24H19NO4S. The second-order valence-corrected chi connectivity index (χ2v) is 8.68. The summed E-state index contributed by atoms with van der Waals surface area (Å²) in [4.78, 5) is 3.52. The lowest BCUT2D eigenvalue weighted by molar-refractivity contribution is 0.415. The van der Waals surface area contributed by atoms with Crippen LogP contribution in [0.1, 0.15) is 5.56 Å². The minimum Gasteiger partial charge on any atom is -0.497 e. The smallest absolute Gasteiger partial charge is 0.339 e. The van der Waals surface area contributed by atoms with Crippen LogP contribution < -0.4 is 8.92 Å². The summed E-state index contributed by atoms with van der Waals surface area (Å²) >= 11 is 0. The molecule has 0 spiro atoms. The highest BCUT2D eigenvalue weighted by Crippen LogP contribution is 2.35. The van der Waals surface area contributed by atoms with Gasteiger partial charge in [-0.1, -0.05) is 36.4 Å². The topological polar surface area (TPSA) is 68.4 Å². The van der Waals surface area contributed by atoms with Gasteiger partial charge in [-0.15, -0.1) is 0 Å². The van der Waals surface area contributed by atoms with Crippen LogP contribution >= 0.6 is 0 Å². The van der Waals surface area contributed by atoms with E-state index in [1.807, 2.05) is 55.5 Å². The van der Waals surface area contributed by atoms with Crippen molar-refractivity contribution < 1.29 is 17.3 Å². The van der Waals surface area contributed by atoms with Crippen LogP contribution in [0.25, 0.3) is 32.6 Å². The molecule has 0 atom stereocenters. The molecule has 5 nitrogen and oxygen atoms in total. The van der Waals surface area contributed by atoms with E-state index in [0.29, 0.717) is 11.1 Å². The summed E-state index contributed by atoms with van der Waals surface area (Å²) in [5, 5.41) is 3.52. The minimum atomic E-state index is -4.01. The largest absolute Gasteiger partial charge is 0.497 e. The molecule has 0 unspecified atom stereocenters. The normalized spacial score (nSPS) is 11.9. The van der Waals surface area contributed by atoms with Gasteiger partial charge in [0.1, 0.15) is 16.4 Å². The Morgan fingerprint density at radius 1 is 0.833 bits per heavy atom. The molecule has 6 heteroatoms. The van der Waals surface area contributed by atoms with Gasteiger partial charge in [-0.3, -0.25) is 0 Å². The van der Waals surface area contributed by atoms with E-state index in [1.54, 1.807) is 31.4 Å². The Labute approximate surface area is 174 Å². The summed E-state index contributed by atoms with van der Waals surface area (Å²) in [5.74, 6) is 1.05. The number of aromatic nitrogens is 1. The van der Waals surface area contributed by atoms with Crippen molar-refractivity contribution in [3.05, 3.63) is 78.4 Å². The van der Waals surface area contributed by atoms with Gasteiger partial charge < -0.3 is 13.9 Å². The molecule has 1 heterocycles. The maximum Gasteiger partial charge on any atom is 0.339 e. The number of rotatable bonds is 4. The maximum atomic E-state index is 13.1. The van der Waals surface area contributed by atoms with Crippen LogP contribution in [0.5, 0.6) is 11.5 Å². The molecule has 0 saturated heterocycles. The average Bonchev–Trinajstić information content (AvgIpc) is 3.13. The molecule has 1 aromatic heterocycles. The maximum absolute atomic E-state index is 13.1. The Balaban J connectivity index is 1.62. The molecule has 0 aliphatic carbocycles. The highest BCUT2D eigenvalue weighted by Gasteiger charge is 2.21. The second-order valence-electron chi connectivity index (χ2n) is 7.16. The van der Waals surface area contributed by atoms with Gasteiger partial charge in [0.15, 0.2) is 0 Å². The lowest BCUT2D eigenvalue weighted by Gasteiger charge is -2.12. The van der Waals surface area contributed by atoms with Crippen molar-refractivity contribution in [3.8, 4) is 11.5 Å². The van der Waals surface area contributed by atoms with Crippen LogP contribution in [0.2, 0.25) is 0 Å². The zero-order chi connectivity index (χ0) is 20.9. The molecule has 150 valence electrons. The van der Waals surface area contributed by atoms with Gasteiger partial charge in [-0.05, 0) is 42.6 Å². The van der Waals surface area contributed by atoms with Crippen LogP contribution in [0.15, 0.2) is 77.7 Å². The van der Waals surface area contributed by atoms with Crippen LogP contribution in [-0.4, -0.2) is 20.5 Å². The monoisotopic (exact) mass is 417 g/mol. The second kappa shape index (κ2) is 6.78. The van der Waals surface area contributed by atoms with Crippen molar-refractivity contribution in [3.63, 3.8) is 0 Å². The Hall–Kier alpha value is -3.51. The molecule has 0 aliphatic heterocycles. The highest BCUT2D eigenvalue weighted by molar-refractivity contribution is 7.87. The zero-order valence-corrected chi connectivity index (χ0v) is 17.3. The predicted molar refractivity (Wildman–Crippen MR) is 119 cm³/mol. The quantitative estimate of drug-likeness (QED) is 0.389. The first-order valence-corrected chi connectivity index (χ1v) is 10.9. The molecule has 0 fully saturated rings. The van der Waals surface area contributed by atoms with E-state index in [0.717, 1.165) is 38.5 Å². The number of hydrogen-bond acceptors (Lipinski definition) is 4. The minimum absolute atomic E-state index is 0.154. The Morgan fingerprint density at radius 3 is 2.43 bits per heavy atom. The van der Waals surface area contributed by atoms with Crippen LogP contribution in [-0.2, 0) is 10.1 Å². The molecule has 30 heavy (non-hydrogen) atoms. The van der Waals surface area contributed by atoms with Crippen molar-refractivity contribution in [1.82, 2.24) is 4.98 Å². The van der Waals surface area contributed by atoms with Crippen LogP contribution in [0.4, 0.5) is 0 Å². The molecule has 4 aromatic carbocycles. The number of methoxy groups -OCH3 is 1. The van der Waals surface area contributed by atoms with Crippen molar-refractivity contribution in [2.45, 2.75) is 11.8 Å². The molecule has 0 saturated carbocycles. The number of hydrogen-bond donors (Lipinski definition) is 1. The molecule has 0 bridgehead atoms. The predicted octanol–water partition coefficient (Wildman–Crippen LogP) is 5.56. The summed E-state index contributed by atoms with van der Waals surface area (Å²) < 4.78 is 37.1. The van der Waals surface area contributed by atoms with E-state index in [-0.39, 0.29) is 4.90 Å². The zero-order valence-electron chi connectivity index (χ0n) is 16.5. The van der Waals surface area contributed by atoms with Crippen molar-refractivity contribution >= 4 is 42.7 Å². The number of fused-ring (bicyclic) bond motifs is 4.